The number of nitrogens with two attached hydrogens (primary N) is 1. The molecule has 93 heavy (non-hydrogen) atoms. The Balaban J connectivity index is 0.000000300. The molecule has 0 spiro atoms. The van der Waals surface area contributed by atoms with Crippen LogP contribution in [0.4, 0.5) is 17.1 Å². The number of nitrogen functional groups attached to an aromatic ring is 1. The van der Waals surface area contributed by atoms with Crippen molar-refractivity contribution in [1.29, 1.82) is 0 Å². The van der Waals surface area contributed by atoms with E-state index in [-0.39, 0.29) is 71.0 Å². The first-order chi connectivity index (χ1) is 43.4. The first-order valence-electron chi connectivity index (χ1n) is 31.0. The van der Waals surface area contributed by atoms with Gasteiger partial charge in [0, 0.05) is 54.8 Å². The van der Waals surface area contributed by atoms with Crippen LogP contribution in [0.3, 0.4) is 0 Å². The fraction of sp³-hybridized carbons (Fsp3) is 0.537. The Hall–Kier alpha value is -8.58. The van der Waals surface area contributed by atoms with E-state index >= 15 is 0 Å². The first kappa shape index (κ1) is 76.9. The van der Waals surface area contributed by atoms with Gasteiger partial charge in [-0.25, -0.2) is 0 Å². The average molecular weight is 1320 g/mol. The molecule has 7 amide bonds. The molecule has 6 rings (SSSR count). The van der Waals surface area contributed by atoms with Crippen LogP contribution in [0.25, 0.3) is 0 Å². The van der Waals surface area contributed by atoms with E-state index in [9.17, 15) is 62.3 Å². The number of carbonyl (C=O) groups excluding carboxylic acids is 12. The summed E-state index contributed by atoms with van der Waals surface area (Å²) in [6.45, 7) is 25.0. The van der Waals surface area contributed by atoms with Crippen molar-refractivity contribution in [2.75, 3.05) is 29.5 Å². The molecule has 3 fully saturated rings. The summed E-state index contributed by atoms with van der Waals surface area (Å²) in [5.41, 5.74) is 8.17. The molecule has 508 valence electrons. The molecule has 25 nitrogen and oxygen atoms in total. The third kappa shape index (κ3) is 23.2. The number of carboxylic acid groups (broad SMARTS) is 1. The summed E-state index contributed by atoms with van der Waals surface area (Å²) in [4.78, 5) is 160. The van der Waals surface area contributed by atoms with Gasteiger partial charge in [-0.1, -0.05) is 138 Å². The number of halogens is 1. The summed E-state index contributed by atoms with van der Waals surface area (Å²) in [6.07, 6.45) is 0.740. The van der Waals surface area contributed by atoms with Crippen molar-refractivity contribution in [2.24, 2.45) is 17.3 Å². The number of carbonyl (C=O) groups is 13. The number of nitrogens with zero attached hydrogens (tertiary/aromatic N) is 1. The minimum atomic E-state index is -1.24. The molecular formula is C67H91ClN8O17. The van der Waals surface area contributed by atoms with Crippen LogP contribution in [0.2, 0.25) is 5.02 Å². The number of carboxylic acids is 1. The number of nitrogens with one attached hydrogen (secondary N) is 6. The number of amides is 7. The molecule has 0 radical (unpaired) electrons. The summed E-state index contributed by atoms with van der Waals surface area (Å²) >= 11 is 6.06. The number of benzene rings is 3. The fourth-order valence-corrected chi connectivity index (χ4v) is 10.5. The molecule has 0 bridgehead atoms. The molecule has 3 aliphatic rings. The first-order valence-corrected chi connectivity index (χ1v) is 31.4. The Labute approximate surface area is 547 Å². The number of hydrogen-bond donors (Lipinski definition) is 8. The minimum absolute atomic E-state index is 0.00114. The second kappa shape index (κ2) is 34.4. The molecule has 3 heterocycles. The molecule has 3 aliphatic heterocycles. The van der Waals surface area contributed by atoms with Gasteiger partial charge in [-0.15, -0.1) is 0 Å². The van der Waals surface area contributed by atoms with Crippen molar-refractivity contribution in [3.8, 4) is 0 Å². The summed E-state index contributed by atoms with van der Waals surface area (Å²) < 4.78 is 15.7. The Kier molecular flexibility index (Phi) is 28.4. The number of aldehydes is 1. The summed E-state index contributed by atoms with van der Waals surface area (Å²) in [5.74, 6) is -8.95. The topological polar surface area (TPSA) is 371 Å². The smallest absolute Gasteiger partial charge is 0.310 e. The lowest BCUT2D eigenvalue weighted by atomic mass is 9.85. The van der Waals surface area contributed by atoms with E-state index < -0.39 is 113 Å². The van der Waals surface area contributed by atoms with E-state index in [0.717, 1.165) is 17.5 Å². The fourth-order valence-electron chi connectivity index (χ4n) is 10.3. The van der Waals surface area contributed by atoms with E-state index in [0.29, 0.717) is 55.8 Å². The molecular weight excluding hydrogens is 1220 g/mol. The van der Waals surface area contributed by atoms with Crippen LogP contribution in [0, 0.1) is 17.3 Å². The van der Waals surface area contributed by atoms with E-state index in [4.69, 9.17) is 36.7 Å². The van der Waals surface area contributed by atoms with Crippen LogP contribution in [0.1, 0.15) is 169 Å². The number of Topliss-reactive ketones (excluding diaryl/α,β-unsaturated/α-hetero) is 2. The maximum Gasteiger partial charge on any atom is 0.310 e. The third-order valence-corrected chi connectivity index (χ3v) is 15.7. The second-order valence-electron chi connectivity index (χ2n) is 26.4. The van der Waals surface area contributed by atoms with Gasteiger partial charge in [0.25, 0.3) is 17.7 Å². The molecule has 9 atom stereocenters. The zero-order chi connectivity index (χ0) is 69.9. The Morgan fingerprint density at radius 3 is 1.74 bits per heavy atom. The number of hydrogen-bond acceptors (Lipinski definition) is 17. The highest BCUT2D eigenvalue weighted by Gasteiger charge is 2.44. The SMILES string of the molecule is CCC[C@@H]1OC(=O)C[C@@H]1NC(=O)C1CCCN1C(=O)[C@@H](NC(=O)c1ccc(N)c(Cl)c1)C(C)(C)C.CCOC1OC(=O)CC1NC(=O)[C@H](C)CC(=O)C(=O)Nc1ccccc1C(C)(C)C.C[C@H](CC(=O)C(=O)Nc1ccccc1C(C)(C)C)C(=O)N[C@H](C=O)CC(=O)O. The predicted octanol–water partition coefficient (Wildman–Crippen LogP) is 6.65. The predicted molar refractivity (Wildman–Crippen MR) is 346 cm³/mol. The number of ketones is 2. The van der Waals surface area contributed by atoms with Crippen LogP contribution in [-0.2, 0) is 82.6 Å². The third-order valence-electron chi connectivity index (χ3n) is 15.4. The number of cyclic esters (lactones) is 2. The summed E-state index contributed by atoms with van der Waals surface area (Å²) in [6, 6.07) is 15.2. The van der Waals surface area contributed by atoms with Crippen LogP contribution < -0.4 is 37.6 Å². The van der Waals surface area contributed by atoms with Crippen LogP contribution in [-0.4, -0.2) is 143 Å². The number of esters is 2. The molecule has 0 aromatic heterocycles. The van der Waals surface area contributed by atoms with E-state index in [2.05, 4.69) is 31.9 Å². The highest BCUT2D eigenvalue weighted by atomic mass is 35.5. The number of para-hydroxylation sites is 2. The van der Waals surface area contributed by atoms with Crippen molar-refractivity contribution in [1.82, 2.24) is 26.2 Å². The number of anilines is 3. The van der Waals surface area contributed by atoms with E-state index in [1.807, 2.05) is 93.5 Å². The summed E-state index contributed by atoms with van der Waals surface area (Å²) in [7, 11) is 0. The number of rotatable bonds is 24. The van der Waals surface area contributed by atoms with Gasteiger partial charge in [-0.2, -0.15) is 0 Å². The Morgan fingerprint density at radius 1 is 0.720 bits per heavy atom. The largest absolute Gasteiger partial charge is 0.481 e. The normalized spacial score (nSPS) is 19.0. The number of ether oxygens (including phenoxy) is 3. The van der Waals surface area contributed by atoms with E-state index in [1.54, 1.807) is 44.2 Å². The lowest BCUT2D eigenvalue weighted by molar-refractivity contribution is -0.164. The van der Waals surface area contributed by atoms with E-state index in [1.165, 1.54) is 24.0 Å². The van der Waals surface area contributed by atoms with Crippen molar-refractivity contribution in [3.05, 3.63) is 88.4 Å². The lowest BCUT2D eigenvalue weighted by Gasteiger charge is -2.35. The molecule has 3 saturated heterocycles. The zero-order valence-corrected chi connectivity index (χ0v) is 56.0. The van der Waals surface area contributed by atoms with Crippen LogP contribution in [0.5, 0.6) is 0 Å². The number of likely N-dealkylation sites (tertiary alicyclic amines) is 1. The maximum atomic E-state index is 13.7. The van der Waals surface area contributed by atoms with Crippen LogP contribution in [0.15, 0.2) is 66.7 Å². The maximum absolute atomic E-state index is 13.7. The highest BCUT2D eigenvalue weighted by Crippen LogP contribution is 2.32. The van der Waals surface area contributed by atoms with Crippen molar-refractivity contribution >= 4 is 106 Å². The van der Waals surface area contributed by atoms with Crippen molar-refractivity contribution < 1.29 is 81.6 Å². The van der Waals surface area contributed by atoms with Gasteiger partial charge >= 0.3 is 17.9 Å². The van der Waals surface area contributed by atoms with Gasteiger partial charge in [-0.3, -0.25) is 57.5 Å². The zero-order valence-electron chi connectivity index (χ0n) is 55.3. The Morgan fingerprint density at radius 2 is 1.25 bits per heavy atom. The molecule has 26 heteroatoms. The average Bonchev–Trinajstić information content (AvgIpc) is 1.82. The van der Waals surface area contributed by atoms with Crippen molar-refractivity contribution in [2.45, 2.75) is 201 Å². The molecule has 9 N–H and O–H groups in total. The highest BCUT2D eigenvalue weighted by molar-refractivity contribution is 6.41. The molecule has 3 aromatic rings. The van der Waals surface area contributed by atoms with Crippen molar-refractivity contribution in [3.63, 3.8) is 0 Å². The molecule has 3 aromatic carbocycles. The molecule has 3 unspecified atom stereocenters. The Bertz CT molecular complexity index is 3240. The standard InChI is InChI=1S/C25H35ClN4O5.C22H30N2O6.C20H26N2O6/c1-5-7-19-17(13-20(31)35-19)28-23(33)18-8-6-11-30(18)24(34)21(25(2,3)4)29-22(32)14-9-10-16(27)15(26)12-14;1-6-29-21-16(12-18(26)30-21)24-19(27)13(2)11-17(25)20(28)23-15-10-8-7-9-14(15)22(3,4)5;1-12(18(27)21-13(11-23)10-17(25)26)9-16(24)19(28)22-15-8-6-5-7-14(15)20(2,3)4/h9-10,12,17-19,21H,5-8,11,13,27H2,1-4H3,(H,28,33)(H,29,32);7-10,13,16,21H,6,11-12H2,1-5H3,(H,23,28)(H,24,27);5-8,11-13H,9-10H2,1-4H3,(H,21,27)(H,22,28)(H,25,26)/t17-,18?,19-,21+;13-,16?,21?;12-,13+/m011/s1. The lowest BCUT2D eigenvalue weighted by Crippen LogP contribution is -2.58. The summed E-state index contributed by atoms with van der Waals surface area (Å²) in [5, 5.41) is 24.9. The van der Waals surface area contributed by atoms with Crippen LogP contribution >= 0.6 is 11.6 Å². The van der Waals surface area contributed by atoms with Gasteiger partial charge in [0.2, 0.25) is 41.5 Å². The quantitative estimate of drug-likeness (QED) is 0.0201. The van der Waals surface area contributed by atoms with Gasteiger partial charge in [0.1, 0.15) is 30.5 Å². The van der Waals surface area contributed by atoms with Gasteiger partial charge in [0.05, 0.1) is 42.1 Å². The molecule has 0 saturated carbocycles. The van der Waals surface area contributed by atoms with Gasteiger partial charge in [0.15, 0.2) is 0 Å². The van der Waals surface area contributed by atoms with Gasteiger partial charge < -0.3 is 66.6 Å². The minimum Gasteiger partial charge on any atom is -0.481 e. The monoisotopic (exact) mass is 1310 g/mol. The second-order valence-corrected chi connectivity index (χ2v) is 26.8. The number of aliphatic carboxylic acids is 1. The van der Waals surface area contributed by atoms with Gasteiger partial charge in [-0.05, 0) is 83.9 Å². The molecule has 0 aliphatic carbocycles.